The molecule has 2 N–H and O–H groups in total. The van der Waals surface area contributed by atoms with E-state index in [0.29, 0.717) is 41.6 Å². The molecule has 0 amide bonds. The summed E-state index contributed by atoms with van der Waals surface area (Å²) in [6, 6.07) is 9.52. The molecule has 1 aromatic carbocycles. The molecule has 27 heavy (non-hydrogen) atoms. The van der Waals surface area contributed by atoms with E-state index in [0.717, 1.165) is 17.7 Å². The Kier molecular flexibility index (Phi) is 5.32. The zero-order chi connectivity index (χ0) is 19.8. The first kappa shape index (κ1) is 19.5. The van der Waals surface area contributed by atoms with Crippen LogP contribution in [0.15, 0.2) is 46.9 Å². The van der Waals surface area contributed by atoms with Gasteiger partial charge in [-0.15, -0.1) is 0 Å². The number of benzene rings is 1. The molecule has 0 unspecified atom stereocenters. The number of hydrogen-bond acceptors (Lipinski definition) is 5. The van der Waals surface area contributed by atoms with E-state index in [4.69, 9.17) is 22.1 Å². The molecule has 0 fully saturated rings. The zero-order valence-electron chi connectivity index (χ0n) is 15.9. The standard InChI is InChI=1S/C21H24ClN3O2/c1-21(2)10-16-19(17(26)11-21)18(13-4-6-14(22)7-5-13)15(12-23)20(24)25(16)8-9-27-3/h4-7,18H,8-11,24H2,1-3H3/t18-/m0/s1. The van der Waals surface area contributed by atoms with Crippen LogP contribution in [-0.2, 0) is 9.53 Å². The number of allylic oxidation sites excluding steroid dienone is 3. The maximum atomic E-state index is 13.2. The van der Waals surface area contributed by atoms with Crippen molar-refractivity contribution in [2.45, 2.75) is 32.6 Å². The maximum absolute atomic E-state index is 13.2. The smallest absolute Gasteiger partial charge is 0.162 e. The van der Waals surface area contributed by atoms with Gasteiger partial charge in [0.1, 0.15) is 5.82 Å². The molecule has 5 nitrogen and oxygen atoms in total. The number of ketones is 1. The van der Waals surface area contributed by atoms with Gasteiger partial charge in [0.25, 0.3) is 0 Å². The Hall–Kier alpha value is -2.29. The van der Waals surface area contributed by atoms with E-state index in [1.807, 2.05) is 17.0 Å². The molecule has 2 aliphatic rings. The topological polar surface area (TPSA) is 79.3 Å². The minimum Gasteiger partial charge on any atom is -0.384 e. The fraction of sp³-hybridized carbons (Fsp3) is 0.429. The van der Waals surface area contributed by atoms with Crippen LogP contribution in [0.25, 0.3) is 0 Å². The first-order chi connectivity index (χ1) is 12.8. The van der Waals surface area contributed by atoms with E-state index in [1.165, 1.54) is 0 Å². The Balaban J connectivity index is 2.21. The van der Waals surface area contributed by atoms with E-state index >= 15 is 0 Å². The molecule has 3 rings (SSSR count). The van der Waals surface area contributed by atoms with Crippen LogP contribution in [0.4, 0.5) is 0 Å². The van der Waals surface area contributed by atoms with E-state index in [-0.39, 0.29) is 11.2 Å². The molecule has 0 saturated carbocycles. The lowest BCUT2D eigenvalue weighted by atomic mass is 9.68. The lowest BCUT2D eigenvalue weighted by molar-refractivity contribution is -0.118. The van der Waals surface area contributed by atoms with Crippen molar-refractivity contribution in [1.82, 2.24) is 4.90 Å². The van der Waals surface area contributed by atoms with Crippen molar-refractivity contribution in [1.29, 1.82) is 5.26 Å². The lowest BCUT2D eigenvalue weighted by Gasteiger charge is -2.43. The van der Waals surface area contributed by atoms with Gasteiger partial charge >= 0.3 is 0 Å². The predicted molar refractivity (Wildman–Crippen MR) is 105 cm³/mol. The molecule has 1 heterocycles. The molecular weight excluding hydrogens is 362 g/mol. The molecule has 0 bridgehead atoms. The highest BCUT2D eigenvalue weighted by molar-refractivity contribution is 6.30. The van der Waals surface area contributed by atoms with Crippen LogP contribution in [0.2, 0.25) is 5.02 Å². The third-order valence-electron chi connectivity index (χ3n) is 5.21. The molecule has 0 radical (unpaired) electrons. The third-order valence-corrected chi connectivity index (χ3v) is 5.46. The first-order valence-corrected chi connectivity index (χ1v) is 9.35. The van der Waals surface area contributed by atoms with Crippen molar-refractivity contribution >= 4 is 17.4 Å². The Morgan fingerprint density at radius 2 is 2.00 bits per heavy atom. The average Bonchev–Trinajstić information content (AvgIpc) is 2.60. The van der Waals surface area contributed by atoms with Crippen LogP contribution in [0.1, 0.15) is 38.2 Å². The van der Waals surface area contributed by atoms with Crippen molar-refractivity contribution in [3.8, 4) is 6.07 Å². The van der Waals surface area contributed by atoms with Crippen LogP contribution in [0, 0.1) is 16.7 Å². The van der Waals surface area contributed by atoms with Crippen LogP contribution >= 0.6 is 11.6 Å². The van der Waals surface area contributed by atoms with Crippen molar-refractivity contribution in [2.75, 3.05) is 20.3 Å². The van der Waals surface area contributed by atoms with Gasteiger partial charge in [-0.1, -0.05) is 37.6 Å². The summed E-state index contributed by atoms with van der Waals surface area (Å²) in [6.45, 7) is 5.12. The number of rotatable bonds is 4. The molecule has 0 spiro atoms. The normalized spacial score (nSPS) is 22.0. The largest absolute Gasteiger partial charge is 0.384 e. The SMILES string of the molecule is COCCN1C(N)=C(C#N)[C@H](c2ccc(Cl)cc2)C2=C1CC(C)(C)CC2=O. The number of Topliss-reactive ketones (excluding diaryl/α,β-unsaturated/α-hetero) is 1. The number of carbonyl (C=O) groups excluding carboxylic acids is 1. The van der Waals surface area contributed by atoms with Crippen LogP contribution in [0.5, 0.6) is 0 Å². The summed E-state index contributed by atoms with van der Waals surface area (Å²) in [7, 11) is 1.62. The fourth-order valence-corrected chi connectivity index (χ4v) is 4.13. The number of halogens is 1. The first-order valence-electron chi connectivity index (χ1n) is 8.97. The van der Waals surface area contributed by atoms with Gasteiger partial charge in [0.2, 0.25) is 0 Å². The summed E-state index contributed by atoms with van der Waals surface area (Å²) in [5.41, 5.74) is 9.11. The van der Waals surface area contributed by atoms with Crippen molar-refractivity contribution in [3.63, 3.8) is 0 Å². The van der Waals surface area contributed by atoms with Gasteiger partial charge in [0, 0.05) is 36.4 Å². The number of nitriles is 1. The van der Waals surface area contributed by atoms with Gasteiger partial charge in [-0.05, 0) is 29.5 Å². The highest BCUT2D eigenvalue weighted by Crippen LogP contribution is 2.48. The van der Waals surface area contributed by atoms with Crippen molar-refractivity contribution < 1.29 is 9.53 Å². The minimum atomic E-state index is -0.454. The van der Waals surface area contributed by atoms with Crippen LogP contribution in [0.3, 0.4) is 0 Å². The molecule has 6 heteroatoms. The average molecular weight is 386 g/mol. The lowest BCUT2D eigenvalue weighted by Crippen LogP contribution is -2.43. The summed E-state index contributed by atoms with van der Waals surface area (Å²) in [5, 5.41) is 10.5. The van der Waals surface area contributed by atoms with E-state index in [2.05, 4.69) is 19.9 Å². The molecular formula is C21H24ClN3O2. The summed E-state index contributed by atoms with van der Waals surface area (Å²) in [5.74, 6) is 0.0206. The molecule has 1 aliphatic heterocycles. The third kappa shape index (κ3) is 3.60. The van der Waals surface area contributed by atoms with Gasteiger partial charge in [0.05, 0.1) is 24.2 Å². The Morgan fingerprint density at radius 3 is 2.59 bits per heavy atom. The molecule has 1 aromatic rings. The van der Waals surface area contributed by atoms with Gasteiger partial charge in [-0.25, -0.2) is 0 Å². The van der Waals surface area contributed by atoms with Gasteiger partial charge in [-0.3, -0.25) is 4.79 Å². The Labute approximate surface area is 165 Å². The number of hydrogen-bond donors (Lipinski definition) is 1. The molecule has 142 valence electrons. The monoisotopic (exact) mass is 385 g/mol. The number of ether oxygens (including phenoxy) is 1. The van der Waals surface area contributed by atoms with Gasteiger partial charge in [-0.2, -0.15) is 5.26 Å². The maximum Gasteiger partial charge on any atom is 0.162 e. The Morgan fingerprint density at radius 1 is 1.33 bits per heavy atom. The summed E-state index contributed by atoms with van der Waals surface area (Å²) < 4.78 is 5.22. The molecule has 1 aliphatic carbocycles. The summed E-state index contributed by atoms with van der Waals surface area (Å²) in [4.78, 5) is 15.1. The second-order valence-electron chi connectivity index (χ2n) is 7.84. The highest BCUT2D eigenvalue weighted by Gasteiger charge is 2.44. The number of methoxy groups -OCH3 is 1. The molecule has 0 saturated heterocycles. The van der Waals surface area contributed by atoms with Gasteiger partial charge in [0.15, 0.2) is 5.78 Å². The predicted octanol–water partition coefficient (Wildman–Crippen LogP) is 3.72. The Bertz CT molecular complexity index is 862. The van der Waals surface area contributed by atoms with Crippen LogP contribution < -0.4 is 5.73 Å². The number of carbonyl (C=O) groups is 1. The second-order valence-corrected chi connectivity index (χ2v) is 8.28. The number of nitrogens with two attached hydrogens (primary N) is 1. The van der Waals surface area contributed by atoms with Crippen molar-refractivity contribution in [3.05, 3.63) is 57.5 Å². The van der Waals surface area contributed by atoms with Gasteiger partial charge < -0.3 is 15.4 Å². The molecule has 1 atom stereocenters. The quantitative estimate of drug-likeness (QED) is 0.854. The van der Waals surface area contributed by atoms with Crippen molar-refractivity contribution in [2.24, 2.45) is 11.1 Å². The van der Waals surface area contributed by atoms with E-state index < -0.39 is 5.92 Å². The molecule has 0 aromatic heterocycles. The zero-order valence-corrected chi connectivity index (χ0v) is 16.6. The number of nitrogens with zero attached hydrogens (tertiary/aromatic N) is 2. The highest BCUT2D eigenvalue weighted by atomic mass is 35.5. The van der Waals surface area contributed by atoms with Crippen LogP contribution in [-0.4, -0.2) is 30.9 Å². The minimum absolute atomic E-state index is 0.0730. The second kappa shape index (κ2) is 7.38. The fourth-order valence-electron chi connectivity index (χ4n) is 4.00. The summed E-state index contributed by atoms with van der Waals surface area (Å²) >= 11 is 6.03. The summed E-state index contributed by atoms with van der Waals surface area (Å²) in [6.07, 6.45) is 1.17. The van der Waals surface area contributed by atoms with E-state index in [1.54, 1.807) is 19.2 Å². The van der Waals surface area contributed by atoms with E-state index in [9.17, 15) is 10.1 Å².